The number of amides is 1. The van der Waals surface area contributed by atoms with Crippen LogP contribution in [0.1, 0.15) is 16.8 Å². The molecule has 27 heavy (non-hydrogen) atoms. The van der Waals surface area contributed by atoms with Crippen LogP contribution >= 0.6 is 0 Å². The molecule has 9 heteroatoms. The van der Waals surface area contributed by atoms with Gasteiger partial charge in [0.15, 0.2) is 6.61 Å². The van der Waals surface area contributed by atoms with Gasteiger partial charge in [0.25, 0.3) is 5.91 Å². The van der Waals surface area contributed by atoms with Crippen LogP contribution in [0, 0.1) is 5.82 Å². The number of halogens is 4. The summed E-state index contributed by atoms with van der Waals surface area (Å²) >= 11 is 0. The van der Waals surface area contributed by atoms with Crippen LogP contribution in [-0.2, 0) is 0 Å². The fourth-order valence-electron chi connectivity index (χ4n) is 2.26. The number of ether oxygens (including phenoxy) is 1. The first kappa shape index (κ1) is 20.5. The second-order valence-corrected chi connectivity index (χ2v) is 5.77. The maximum absolute atomic E-state index is 13.7. The highest BCUT2D eigenvalue weighted by molar-refractivity contribution is 5.93. The fourth-order valence-corrected chi connectivity index (χ4v) is 2.26. The molecule has 0 spiro atoms. The Balaban J connectivity index is 1.75. The zero-order valence-electron chi connectivity index (χ0n) is 14.6. The molecule has 1 N–H and O–H groups in total. The molecule has 1 aromatic heterocycles. The molecule has 0 saturated carbocycles. The Kier molecular flexibility index (Phi) is 6.98. The van der Waals surface area contributed by atoms with Gasteiger partial charge in [-0.15, -0.1) is 0 Å². The first-order chi connectivity index (χ1) is 12.8. The Morgan fingerprint density at radius 3 is 2.59 bits per heavy atom. The predicted octanol–water partition coefficient (Wildman–Crippen LogP) is 3.42. The number of pyridine rings is 1. The van der Waals surface area contributed by atoms with Gasteiger partial charge in [-0.2, -0.15) is 13.2 Å². The number of hydrogen-bond donors (Lipinski definition) is 1. The van der Waals surface area contributed by atoms with E-state index >= 15 is 0 Å². The Hall–Kier alpha value is -2.84. The molecule has 2 rings (SSSR count). The molecule has 0 atom stereocenters. The molecule has 0 saturated heterocycles. The summed E-state index contributed by atoms with van der Waals surface area (Å²) in [5.74, 6) is -0.934. The molecule has 0 radical (unpaired) electrons. The van der Waals surface area contributed by atoms with E-state index in [1.54, 1.807) is 30.1 Å². The third-order valence-corrected chi connectivity index (χ3v) is 3.60. The van der Waals surface area contributed by atoms with Gasteiger partial charge in [0.2, 0.25) is 5.88 Å². The van der Waals surface area contributed by atoms with Gasteiger partial charge in [0.05, 0.1) is 11.3 Å². The van der Waals surface area contributed by atoms with E-state index in [-0.39, 0.29) is 17.3 Å². The highest BCUT2D eigenvalue weighted by atomic mass is 19.4. The van der Waals surface area contributed by atoms with Gasteiger partial charge in [-0.1, -0.05) is 12.1 Å². The van der Waals surface area contributed by atoms with Crippen molar-refractivity contribution in [3.63, 3.8) is 0 Å². The summed E-state index contributed by atoms with van der Waals surface area (Å²) in [6.45, 7) is -0.561. The largest absolute Gasteiger partial charge is 0.468 e. The van der Waals surface area contributed by atoms with E-state index in [0.717, 1.165) is 6.20 Å². The van der Waals surface area contributed by atoms with Gasteiger partial charge in [0.1, 0.15) is 5.82 Å². The van der Waals surface area contributed by atoms with Crippen LogP contribution in [-0.4, -0.2) is 43.8 Å². The molecule has 0 aliphatic heterocycles. The minimum atomic E-state index is -4.45. The van der Waals surface area contributed by atoms with Gasteiger partial charge in [0, 0.05) is 32.4 Å². The van der Waals surface area contributed by atoms with Crippen molar-refractivity contribution in [1.82, 2.24) is 10.3 Å². The van der Waals surface area contributed by atoms with Crippen molar-refractivity contribution in [2.75, 3.05) is 31.6 Å². The number of aromatic nitrogens is 1. The van der Waals surface area contributed by atoms with Crippen molar-refractivity contribution in [1.29, 1.82) is 0 Å². The number of para-hydroxylation sites is 1. The number of rotatable bonds is 8. The predicted molar refractivity (Wildman–Crippen MR) is 92.4 cm³/mol. The Morgan fingerprint density at radius 2 is 1.96 bits per heavy atom. The zero-order valence-corrected chi connectivity index (χ0v) is 14.6. The molecule has 5 nitrogen and oxygen atoms in total. The molecule has 146 valence electrons. The zero-order chi connectivity index (χ0) is 19.9. The second-order valence-electron chi connectivity index (χ2n) is 5.77. The number of hydrogen-bond acceptors (Lipinski definition) is 4. The lowest BCUT2D eigenvalue weighted by Crippen LogP contribution is -2.28. The monoisotopic (exact) mass is 385 g/mol. The average molecular weight is 385 g/mol. The Morgan fingerprint density at radius 1 is 1.22 bits per heavy atom. The smallest absolute Gasteiger partial charge is 0.422 e. The maximum atomic E-state index is 13.7. The van der Waals surface area contributed by atoms with Crippen LogP contribution in [0.2, 0.25) is 0 Å². The summed E-state index contributed by atoms with van der Waals surface area (Å²) in [5, 5.41) is 2.68. The molecule has 0 aliphatic carbocycles. The molecule has 1 aromatic carbocycles. The number of anilines is 1. The number of carbonyl (C=O) groups is 1. The highest BCUT2D eigenvalue weighted by Gasteiger charge is 2.28. The average Bonchev–Trinajstić information content (AvgIpc) is 2.63. The number of benzene rings is 1. The van der Waals surface area contributed by atoms with E-state index < -0.39 is 18.7 Å². The SMILES string of the molecule is CN(CCCNC(=O)c1ccc(OCC(F)(F)F)nc1)c1ccccc1F. The number of carbonyl (C=O) groups excluding carboxylic acids is 1. The molecule has 2 aromatic rings. The van der Waals surface area contributed by atoms with E-state index in [1.807, 2.05) is 0 Å². The lowest BCUT2D eigenvalue weighted by molar-refractivity contribution is -0.154. The molecule has 1 amide bonds. The quantitative estimate of drug-likeness (QED) is 0.559. The minimum absolute atomic E-state index is 0.205. The number of alkyl halides is 3. The molecular formula is C18H19F4N3O2. The van der Waals surface area contributed by atoms with E-state index in [4.69, 9.17) is 0 Å². The summed E-state index contributed by atoms with van der Waals surface area (Å²) in [7, 11) is 1.75. The molecule has 0 unspecified atom stereocenters. The van der Waals surface area contributed by atoms with Crippen LogP contribution in [0.25, 0.3) is 0 Å². The van der Waals surface area contributed by atoms with Crippen LogP contribution < -0.4 is 15.0 Å². The van der Waals surface area contributed by atoms with Crippen molar-refractivity contribution in [3.05, 3.63) is 54.0 Å². The highest BCUT2D eigenvalue weighted by Crippen LogP contribution is 2.18. The van der Waals surface area contributed by atoms with Crippen LogP contribution in [0.15, 0.2) is 42.6 Å². The van der Waals surface area contributed by atoms with Crippen molar-refractivity contribution < 1.29 is 27.1 Å². The molecular weight excluding hydrogens is 366 g/mol. The van der Waals surface area contributed by atoms with Gasteiger partial charge in [-0.05, 0) is 24.6 Å². The van der Waals surface area contributed by atoms with Gasteiger partial charge >= 0.3 is 6.18 Å². The normalized spacial score (nSPS) is 11.1. The van der Waals surface area contributed by atoms with Crippen molar-refractivity contribution in [2.45, 2.75) is 12.6 Å². The third-order valence-electron chi connectivity index (χ3n) is 3.60. The Labute approximate surface area is 154 Å². The molecule has 0 bridgehead atoms. The second kappa shape index (κ2) is 9.20. The van der Waals surface area contributed by atoms with E-state index in [1.165, 1.54) is 18.2 Å². The van der Waals surface area contributed by atoms with E-state index in [9.17, 15) is 22.4 Å². The molecule has 0 fully saturated rings. The summed E-state index contributed by atoms with van der Waals surface area (Å²) in [6.07, 6.45) is -2.73. The topological polar surface area (TPSA) is 54.5 Å². The lowest BCUT2D eigenvalue weighted by atomic mass is 10.2. The van der Waals surface area contributed by atoms with Crippen LogP contribution in [0.5, 0.6) is 5.88 Å². The van der Waals surface area contributed by atoms with Crippen molar-refractivity contribution in [2.24, 2.45) is 0 Å². The number of nitrogens with one attached hydrogen (secondary N) is 1. The fraction of sp³-hybridized carbons (Fsp3) is 0.333. The summed E-state index contributed by atoms with van der Waals surface area (Å²) in [5.41, 5.74) is 0.680. The summed E-state index contributed by atoms with van der Waals surface area (Å²) in [4.78, 5) is 17.4. The first-order valence-electron chi connectivity index (χ1n) is 8.16. The van der Waals surface area contributed by atoms with E-state index in [2.05, 4.69) is 15.0 Å². The first-order valence-corrected chi connectivity index (χ1v) is 8.16. The standard InChI is InChI=1S/C18H19F4N3O2/c1-25(15-6-3-2-5-14(15)19)10-4-9-23-17(26)13-7-8-16(24-11-13)27-12-18(20,21)22/h2-3,5-8,11H,4,9-10,12H2,1H3,(H,23,26). The minimum Gasteiger partial charge on any atom is -0.468 e. The van der Waals surface area contributed by atoms with Crippen LogP contribution in [0.4, 0.5) is 23.2 Å². The molecule has 0 aliphatic rings. The number of nitrogens with zero attached hydrogens (tertiary/aromatic N) is 2. The third kappa shape index (κ3) is 6.76. The summed E-state index contributed by atoms with van der Waals surface area (Å²) in [6, 6.07) is 8.93. The Bertz CT molecular complexity index is 751. The molecule has 1 heterocycles. The van der Waals surface area contributed by atoms with Crippen molar-refractivity contribution >= 4 is 11.6 Å². The lowest BCUT2D eigenvalue weighted by Gasteiger charge is -2.19. The van der Waals surface area contributed by atoms with Crippen molar-refractivity contribution in [3.8, 4) is 5.88 Å². The summed E-state index contributed by atoms with van der Waals surface area (Å²) < 4.78 is 54.3. The maximum Gasteiger partial charge on any atom is 0.422 e. The van der Waals surface area contributed by atoms with Gasteiger partial charge < -0.3 is 15.0 Å². The van der Waals surface area contributed by atoms with Gasteiger partial charge in [-0.25, -0.2) is 9.37 Å². The van der Waals surface area contributed by atoms with Crippen LogP contribution in [0.3, 0.4) is 0 Å². The van der Waals surface area contributed by atoms with E-state index in [0.29, 0.717) is 25.2 Å². The van der Waals surface area contributed by atoms with Gasteiger partial charge in [-0.3, -0.25) is 4.79 Å².